The average Bonchev–Trinajstić information content (AvgIpc) is 3.20. The monoisotopic (exact) mass is 440 g/mol. The van der Waals surface area contributed by atoms with Crippen molar-refractivity contribution in [2.45, 2.75) is 99.1 Å². The van der Waals surface area contributed by atoms with Gasteiger partial charge in [-0.15, -0.1) is 0 Å². The summed E-state index contributed by atoms with van der Waals surface area (Å²) in [7, 11) is 1.62. The van der Waals surface area contributed by atoms with Crippen molar-refractivity contribution < 1.29 is 38.3 Å². The first kappa shape index (κ1) is 19.5. The van der Waals surface area contributed by atoms with Crippen LogP contribution in [0.4, 0.5) is 0 Å². The Kier molecular flexibility index (Phi) is 5.19. The van der Waals surface area contributed by atoms with Crippen molar-refractivity contribution in [1.82, 2.24) is 0 Å². The predicted molar refractivity (Wildman–Crippen MR) is 89.6 cm³/mol. The molecule has 8 atom stereocenters. The molecule has 0 aromatic heterocycles. The third-order valence-corrected chi connectivity index (χ3v) is 7.39. The number of ether oxygens (including phenoxy) is 7. The van der Waals surface area contributed by atoms with E-state index in [4.69, 9.17) is 33.2 Å². The minimum absolute atomic E-state index is 0.0730. The van der Waals surface area contributed by atoms with Gasteiger partial charge in [-0.1, -0.05) is 0 Å². The standard InChI is InChI=1S/C17H28O8Se/c1-16(2)22-11-9(21-14(19-5)13(11)24-16)7-26-6-8-10(18)12-15(20-8)25-17(3,4)23-12/h8-15,18H,6-7H2,1-5H3/t8-,9-,10+,11-,12-,13-,14-,15-/m1/s1. The van der Waals surface area contributed by atoms with Crippen LogP contribution in [0.5, 0.6) is 0 Å². The van der Waals surface area contributed by atoms with Crippen LogP contribution in [0, 0.1) is 0 Å². The molecule has 0 saturated carbocycles. The zero-order valence-electron chi connectivity index (χ0n) is 15.7. The SMILES string of the molecule is CO[C@@H]1O[C@H](C[Se]C[C@H]2O[C@@H]3OC(C)(C)O[C@@H]3[C@H]2O)[C@H]2OC(C)(C)O[C@@H]12. The number of aliphatic hydroxyl groups excluding tert-OH is 1. The number of fused-ring (bicyclic) bond motifs is 2. The minimum atomic E-state index is -0.707. The summed E-state index contributed by atoms with van der Waals surface area (Å²) in [4.78, 5) is 0. The first-order valence-electron chi connectivity index (χ1n) is 9.00. The van der Waals surface area contributed by atoms with E-state index in [9.17, 15) is 5.11 Å². The van der Waals surface area contributed by atoms with Gasteiger partial charge in [0.2, 0.25) is 0 Å². The van der Waals surface area contributed by atoms with Crippen LogP contribution in [0.15, 0.2) is 0 Å². The van der Waals surface area contributed by atoms with Crippen LogP contribution >= 0.6 is 0 Å². The quantitative estimate of drug-likeness (QED) is 0.626. The molecular formula is C17H28O8Se. The molecule has 0 amide bonds. The van der Waals surface area contributed by atoms with Gasteiger partial charge in [-0.25, -0.2) is 0 Å². The first-order valence-corrected chi connectivity index (χ1v) is 11.4. The number of methoxy groups -OCH3 is 1. The summed E-state index contributed by atoms with van der Waals surface area (Å²) in [5, 5.41) is 12.1. The molecule has 150 valence electrons. The van der Waals surface area contributed by atoms with Gasteiger partial charge in [0.1, 0.15) is 0 Å². The Morgan fingerprint density at radius 1 is 0.846 bits per heavy atom. The number of rotatable bonds is 5. The summed E-state index contributed by atoms with van der Waals surface area (Å²) in [5.74, 6) is -1.33. The molecule has 8 nitrogen and oxygen atoms in total. The fourth-order valence-corrected chi connectivity index (χ4v) is 6.36. The van der Waals surface area contributed by atoms with E-state index in [1.165, 1.54) is 0 Å². The van der Waals surface area contributed by atoms with Crippen molar-refractivity contribution >= 4 is 15.0 Å². The third-order valence-electron chi connectivity index (χ3n) is 5.02. The molecule has 0 aromatic carbocycles. The van der Waals surface area contributed by atoms with Crippen LogP contribution in [-0.4, -0.2) is 88.0 Å². The summed E-state index contributed by atoms with van der Waals surface area (Å²) < 4.78 is 40.5. The summed E-state index contributed by atoms with van der Waals surface area (Å²) in [6.45, 7) is 7.46. The first-order chi connectivity index (χ1) is 12.2. The second-order valence-corrected chi connectivity index (χ2v) is 10.3. The molecule has 4 heterocycles. The van der Waals surface area contributed by atoms with E-state index in [0.29, 0.717) is 0 Å². The number of aliphatic hydroxyl groups is 1. The summed E-state index contributed by atoms with van der Waals surface area (Å²) in [5.41, 5.74) is 0. The molecule has 4 fully saturated rings. The Bertz CT molecular complexity index is 529. The van der Waals surface area contributed by atoms with Crippen molar-refractivity contribution in [2.24, 2.45) is 0 Å². The van der Waals surface area contributed by atoms with Gasteiger partial charge >= 0.3 is 159 Å². The van der Waals surface area contributed by atoms with E-state index in [-0.39, 0.29) is 39.4 Å². The Balaban J connectivity index is 1.28. The molecule has 0 unspecified atom stereocenters. The summed E-state index contributed by atoms with van der Waals surface area (Å²) in [6.07, 6.45) is -2.64. The molecule has 4 rings (SSSR count). The van der Waals surface area contributed by atoms with Gasteiger partial charge in [0, 0.05) is 0 Å². The van der Waals surface area contributed by atoms with Crippen LogP contribution in [-0.2, 0) is 33.2 Å². The molecule has 1 N–H and O–H groups in total. The second kappa shape index (κ2) is 6.91. The van der Waals surface area contributed by atoms with Crippen molar-refractivity contribution in [1.29, 1.82) is 0 Å². The molecule has 0 bridgehead atoms. The Labute approximate surface area is 159 Å². The van der Waals surface area contributed by atoms with Crippen LogP contribution in [0.25, 0.3) is 0 Å². The van der Waals surface area contributed by atoms with Crippen LogP contribution in [0.2, 0.25) is 10.6 Å². The molecule has 26 heavy (non-hydrogen) atoms. The zero-order valence-corrected chi connectivity index (χ0v) is 17.5. The molecular weight excluding hydrogens is 411 g/mol. The van der Waals surface area contributed by atoms with Gasteiger partial charge in [-0.3, -0.25) is 0 Å². The van der Waals surface area contributed by atoms with E-state index in [2.05, 4.69) is 0 Å². The Hall–Kier alpha value is 0.199. The molecule has 0 spiro atoms. The normalized spacial score (nSPS) is 48.7. The van der Waals surface area contributed by atoms with Gasteiger partial charge in [-0.05, 0) is 0 Å². The van der Waals surface area contributed by atoms with E-state index in [1.54, 1.807) is 7.11 Å². The maximum absolute atomic E-state index is 10.5. The van der Waals surface area contributed by atoms with E-state index < -0.39 is 36.4 Å². The molecule has 4 aliphatic rings. The van der Waals surface area contributed by atoms with Gasteiger partial charge in [0.05, 0.1) is 0 Å². The van der Waals surface area contributed by atoms with Crippen molar-refractivity contribution in [3.63, 3.8) is 0 Å². The molecule has 0 aromatic rings. The predicted octanol–water partition coefficient (Wildman–Crippen LogP) is 0.656. The van der Waals surface area contributed by atoms with Crippen molar-refractivity contribution in [3.8, 4) is 0 Å². The molecule has 4 aliphatic heterocycles. The van der Waals surface area contributed by atoms with Crippen molar-refractivity contribution in [3.05, 3.63) is 0 Å². The van der Waals surface area contributed by atoms with Crippen molar-refractivity contribution in [2.75, 3.05) is 7.11 Å². The van der Waals surface area contributed by atoms with E-state index in [0.717, 1.165) is 10.6 Å². The van der Waals surface area contributed by atoms with Gasteiger partial charge in [0.25, 0.3) is 0 Å². The Morgan fingerprint density at radius 2 is 1.46 bits per heavy atom. The fraction of sp³-hybridized carbons (Fsp3) is 1.00. The van der Waals surface area contributed by atoms with E-state index in [1.807, 2.05) is 27.7 Å². The third kappa shape index (κ3) is 3.59. The van der Waals surface area contributed by atoms with Crippen LogP contribution < -0.4 is 0 Å². The Morgan fingerprint density at radius 3 is 2.15 bits per heavy atom. The van der Waals surface area contributed by atoms with Gasteiger partial charge in [-0.2, -0.15) is 0 Å². The molecule has 9 heteroatoms. The summed E-state index contributed by atoms with van der Waals surface area (Å²) >= 11 is 0.202. The van der Waals surface area contributed by atoms with E-state index >= 15 is 0 Å². The van der Waals surface area contributed by atoms with Crippen LogP contribution in [0.1, 0.15) is 27.7 Å². The van der Waals surface area contributed by atoms with Crippen LogP contribution in [0.3, 0.4) is 0 Å². The zero-order chi connectivity index (χ0) is 18.7. The number of hydrogen-bond donors (Lipinski definition) is 1. The second-order valence-electron chi connectivity index (χ2n) is 8.01. The topological polar surface area (TPSA) is 84.8 Å². The average molecular weight is 439 g/mol. The fourth-order valence-electron chi connectivity index (χ4n) is 3.96. The van der Waals surface area contributed by atoms with Gasteiger partial charge in [0.15, 0.2) is 0 Å². The van der Waals surface area contributed by atoms with Gasteiger partial charge < -0.3 is 0 Å². The maximum atomic E-state index is 10.5. The molecule has 4 saturated heterocycles. The summed E-state index contributed by atoms with van der Waals surface area (Å²) in [6, 6.07) is 0. The number of hydrogen-bond acceptors (Lipinski definition) is 8. The molecule has 0 aliphatic carbocycles. The molecule has 0 radical (unpaired) electrons.